The van der Waals surface area contributed by atoms with Crippen LogP contribution in [0.5, 0.6) is 5.06 Å². The average molecular weight is 289 g/mol. The largest absolute Gasteiger partial charge is 0.483 e. The number of thiol groups is 1. The summed E-state index contributed by atoms with van der Waals surface area (Å²) >= 11 is 9.49. The molecule has 74 valence electrons. The smallest absolute Gasteiger partial charge is 0.189 e. The zero-order valence-corrected chi connectivity index (χ0v) is 10.9. The topological polar surface area (TPSA) is 9.23 Å². The Balaban J connectivity index is 2.61. The van der Waals surface area contributed by atoms with Crippen molar-refractivity contribution in [2.75, 3.05) is 6.61 Å². The number of ether oxygens (including phenoxy) is 1. The third kappa shape index (κ3) is 1.78. The van der Waals surface area contributed by atoms with Gasteiger partial charge in [0.05, 0.1) is 11.1 Å². The Morgan fingerprint density at radius 3 is 3.00 bits per heavy atom. The molecule has 0 aliphatic rings. The molecule has 1 aromatic carbocycles. The summed E-state index contributed by atoms with van der Waals surface area (Å²) in [5, 5.41) is 2.14. The maximum atomic E-state index is 5.51. The van der Waals surface area contributed by atoms with Crippen LogP contribution in [-0.2, 0) is 0 Å². The van der Waals surface area contributed by atoms with Crippen LogP contribution in [-0.4, -0.2) is 6.61 Å². The molecule has 0 spiro atoms. The first-order valence-corrected chi connectivity index (χ1v) is 6.32. The first-order valence-electron chi connectivity index (χ1n) is 4.26. The van der Waals surface area contributed by atoms with E-state index in [2.05, 4.69) is 40.7 Å². The minimum Gasteiger partial charge on any atom is -0.483 e. The van der Waals surface area contributed by atoms with E-state index < -0.39 is 0 Å². The van der Waals surface area contributed by atoms with E-state index in [9.17, 15) is 0 Å². The number of hydrogen-bond donors (Lipinski definition) is 1. The molecule has 1 aromatic heterocycles. The molecule has 0 N–H and O–H groups in total. The van der Waals surface area contributed by atoms with Gasteiger partial charge in [-0.15, -0.1) is 12.6 Å². The van der Waals surface area contributed by atoms with Gasteiger partial charge in [0.25, 0.3) is 0 Å². The van der Waals surface area contributed by atoms with E-state index in [-0.39, 0.29) is 0 Å². The Hall–Kier alpha value is -0.190. The van der Waals surface area contributed by atoms with Gasteiger partial charge < -0.3 is 4.74 Å². The monoisotopic (exact) mass is 288 g/mol. The molecule has 2 aromatic rings. The van der Waals surface area contributed by atoms with E-state index in [4.69, 9.17) is 4.74 Å². The summed E-state index contributed by atoms with van der Waals surface area (Å²) in [6.07, 6.45) is 0. The summed E-state index contributed by atoms with van der Waals surface area (Å²) in [6, 6.07) is 6.09. The Labute approximate surface area is 101 Å². The molecule has 0 atom stereocenters. The van der Waals surface area contributed by atoms with Crippen molar-refractivity contribution >= 4 is 50.0 Å². The van der Waals surface area contributed by atoms with Gasteiger partial charge in [-0.2, -0.15) is 0 Å². The van der Waals surface area contributed by atoms with Crippen molar-refractivity contribution in [3.8, 4) is 5.06 Å². The second kappa shape index (κ2) is 4.13. The molecule has 0 aliphatic carbocycles. The fraction of sp³-hybridized carbons (Fsp3) is 0.200. The highest BCUT2D eigenvalue weighted by atomic mass is 79.9. The Kier molecular flexibility index (Phi) is 3.04. The fourth-order valence-corrected chi connectivity index (χ4v) is 3.42. The Morgan fingerprint density at radius 1 is 1.50 bits per heavy atom. The lowest BCUT2D eigenvalue weighted by atomic mass is 10.3. The van der Waals surface area contributed by atoms with Crippen molar-refractivity contribution in [1.82, 2.24) is 0 Å². The summed E-state index contributed by atoms with van der Waals surface area (Å²) in [6.45, 7) is 2.68. The molecule has 0 bridgehead atoms. The molecule has 0 unspecified atom stereocenters. The molecule has 0 saturated carbocycles. The molecular weight excluding hydrogens is 280 g/mol. The van der Waals surface area contributed by atoms with Gasteiger partial charge in [-0.3, -0.25) is 0 Å². The van der Waals surface area contributed by atoms with Gasteiger partial charge in [0.2, 0.25) is 0 Å². The van der Waals surface area contributed by atoms with Gasteiger partial charge in [0, 0.05) is 15.0 Å². The highest BCUT2D eigenvalue weighted by Crippen LogP contribution is 2.42. The molecule has 14 heavy (non-hydrogen) atoms. The number of fused-ring (bicyclic) bond motifs is 1. The zero-order valence-electron chi connectivity index (χ0n) is 7.58. The quantitative estimate of drug-likeness (QED) is 0.809. The van der Waals surface area contributed by atoms with Crippen LogP contribution in [0.25, 0.3) is 10.1 Å². The van der Waals surface area contributed by atoms with E-state index in [1.807, 2.05) is 13.0 Å². The van der Waals surface area contributed by atoms with Crippen LogP contribution in [0.15, 0.2) is 27.6 Å². The van der Waals surface area contributed by atoms with Gasteiger partial charge in [-0.25, -0.2) is 0 Å². The Bertz CT molecular complexity index is 464. The minimum absolute atomic E-state index is 0.694. The van der Waals surface area contributed by atoms with Gasteiger partial charge in [0.15, 0.2) is 5.06 Å². The van der Waals surface area contributed by atoms with Gasteiger partial charge in [-0.05, 0) is 35.0 Å². The number of halogens is 1. The SMILES string of the molecule is CCOc1sc2cc(S)ccc2c1Br. The highest BCUT2D eigenvalue weighted by Gasteiger charge is 2.10. The van der Waals surface area contributed by atoms with Crippen molar-refractivity contribution in [2.24, 2.45) is 0 Å². The number of rotatable bonds is 2. The standard InChI is InChI=1S/C10H9BrOS2/c1-2-12-10-9(11)7-4-3-6(13)5-8(7)14-10/h3-5,13H,2H2,1H3. The summed E-state index contributed by atoms with van der Waals surface area (Å²) in [5.74, 6) is 0. The van der Waals surface area contributed by atoms with Crippen molar-refractivity contribution in [2.45, 2.75) is 11.8 Å². The van der Waals surface area contributed by atoms with Crippen molar-refractivity contribution < 1.29 is 4.74 Å². The van der Waals surface area contributed by atoms with Gasteiger partial charge in [0.1, 0.15) is 0 Å². The molecule has 4 heteroatoms. The molecule has 1 heterocycles. The van der Waals surface area contributed by atoms with Crippen molar-refractivity contribution in [3.05, 3.63) is 22.7 Å². The van der Waals surface area contributed by atoms with E-state index in [0.29, 0.717) is 6.61 Å². The van der Waals surface area contributed by atoms with Crippen molar-refractivity contribution in [3.63, 3.8) is 0 Å². The van der Waals surface area contributed by atoms with Crippen LogP contribution >= 0.6 is 39.9 Å². The van der Waals surface area contributed by atoms with Crippen LogP contribution in [0.4, 0.5) is 0 Å². The highest BCUT2D eigenvalue weighted by molar-refractivity contribution is 9.10. The second-order valence-electron chi connectivity index (χ2n) is 2.82. The maximum Gasteiger partial charge on any atom is 0.189 e. The van der Waals surface area contributed by atoms with Crippen molar-refractivity contribution in [1.29, 1.82) is 0 Å². The fourth-order valence-electron chi connectivity index (χ4n) is 1.26. The Morgan fingerprint density at radius 2 is 2.29 bits per heavy atom. The lowest BCUT2D eigenvalue weighted by Crippen LogP contribution is -1.87. The predicted octanol–water partition coefficient (Wildman–Crippen LogP) is 4.35. The molecule has 1 nitrogen and oxygen atoms in total. The first kappa shape index (κ1) is 10.3. The molecule has 0 aliphatic heterocycles. The molecule has 0 amide bonds. The van der Waals surface area contributed by atoms with E-state index in [1.54, 1.807) is 11.3 Å². The van der Waals surface area contributed by atoms with E-state index >= 15 is 0 Å². The molecular formula is C10H9BrOS2. The normalized spacial score (nSPS) is 10.8. The number of benzene rings is 1. The number of hydrogen-bond acceptors (Lipinski definition) is 3. The van der Waals surface area contributed by atoms with E-state index in [1.165, 1.54) is 10.1 Å². The van der Waals surface area contributed by atoms with Crippen LogP contribution in [0, 0.1) is 0 Å². The van der Waals surface area contributed by atoms with Crippen LogP contribution < -0.4 is 4.74 Å². The first-order chi connectivity index (χ1) is 6.72. The molecule has 0 radical (unpaired) electrons. The summed E-state index contributed by atoms with van der Waals surface area (Å²) in [4.78, 5) is 0.981. The average Bonchev–Trinajstić information content (AvgIpc) is 2.44. The summed E-state index contributed by atoms with van der Waals surface area (Å²) in [7, 11) is 0. The van der Waals surface area contributed by atoms with Gasteiger partial charge >= 0.3 is 0 Å². The summed E-state index contributed by atoms with van der Waals surface area (Å²) < 4.78 is 7.76. The lowest BCUT2D eigenvalue weighted by Gasteiger charge is -1.97. The third-order valence-electron chi connectivity index (χ3n) is 1.86. The molecule has 0 saturated heterocycles. The summed E-state index contributed by atoms with van der Waals surface area (Å²) in [5.41, 5.74) is 0. The number of thiophene rings is 1. The van der Waals surface area contributed by atoms with Crippen LogP contribution in [0.3, 0.4) is 0 Å². The zero-order chi connectivity index (χ0) is 10.1. The third-order valence-corrected chi connectivity index (χ3v) is 4.25. The molecule has 2 rings (SSSR count). The predicted molar refractivity (Wildman–Crippen MR) is 67.9 cm³/mol. The van der Waals surface area contributed by atoms with Crippen LogP contribution in [0.2, 0.25) is 0 Å². The van der Waals surface area contributed by atoms with E-state index in [0.717, 1.165) is 14.4 Å². The van der Waals surface area contributed by atoms with Crippen LogP contribution in [0.1, 0.15) is 6.92 Å². The second-order valence-corrected chi connectivity index (χ2v) is 5.14. The lowest BCUT2D eigenvalue weighted by molar-refractivity contribution is 0.349. The maximum absolute atomic E-state index is 5.51. The molecule has 0 fully saturated rings. The van der Waals surface area contributed by atoms with Gasteiger partial charge in [-0.1, -0.05) is 17.4 Å². The minimum atomic E-state index is 0.694.